The first kappa shape index (κ1) is 11.6. The van der Waals surface area contributed by atoms with Gasteiger partial charge in [0.25, 0.3) is 0 Å². The van der Waals surface area contributed by atoms with Crippen LogP contribution in [0.1, 0.15) is 19.8 Å². The van der Waals surface area contributed by atoms with Crippen LogP contribution in [0.25, 0.3) is 0 Å². The quantitative estimate of drug-likeness (QED) is 0.836. The van der Waals surface area contributed by atoms with Gasteiger partial charge in [-0.15, -0.1) is 0 Å². The van der Waals surface area contributed by atoms with Crippen LogP contribution in [-0.4, -0.2) is 23.8 Å². The Morgan fingerprint density at radius 2 is 2.06 bits per heavy atom. The number of piperidine rings is 1. The molecule has 0 radical (unpaired) electrons. The van der Waals surface area contributed by atoms with Crippen molar-refractivity contribution in [2.45, 2.75) is 25.4 Å². The second-order valence-corrected chi connectivity index (χ2v) is 4.82. The summed E-state index contributed by atoms with van der Waals surface area (Å²) in [5.41, 5.74) is -0.133. The Kier molecular flexibility index (Phi) is 3.26. The molecule has 0 atom stereocenters. The molecule has 0 bridgehead atoms. The van der Waals surface area contributed by atoms with Crippen molar-refractivity contribution in [3.63, 3.8) is 0 Å². The van der Waals surface area contributed by atoms with Crippen LogP contribution >= 0.6 is 11.6 Å². The molecule has 0 amide bonds. The minimum atomic E-state index is -0.133. The molecule has 4 heteroatoms. The number of nitrogens with one attached hydrogen (secondary N) is 1. The zero-order valence-corrected chi connectivity index (χ0v) is 10.0. The van der Waals surface area contributed by atoms with Crippen molar-refractivity contribution in [3.05, 3.63) is 23.2 Å². The molecule has 1 aliphatic rings. The van der Waals surface area contributed by atoms with Gasteiger partial charge >= 0.3 is 0 Å². The van der Waals surface area contributed by atoms with Crippen molar-refractivity contribution < 1.29 is 9.84 Å². The highest BCUT2D eigenvalue weighted by atomic mass is 35.5. The first-order chi connectivity index (χ1) is 7.59. The Bertz CT molecular complexity index is 375. The smallest absolute Gasteiger partial charge is 0.134 e. The zero-order valence-electron chi connectivity index (χ0n) is 9.29. The van der Waals surface area contributed by atoms with Gasteiger partial charge < -0.3 is 15.2 Å². The fourth-order valence-electron chi connectivity index (χ4n) is 1.89. The molecule has 1 aliphatic heterocycles. The third kappa shape index (κ3) is 2.60. The number of ether oxygens (including phenoxy) is 1. The van der Waals surface area contributed by atoms with E-state index in [1.54, 1.807) is 18.2 Å². The molecule has 16 heavy (non-hydrogen) atoms. The summed E-state index contributed by atoms with van der Waals surface area (Å²) in [7, 11) is 0. The Labute approximate surface area is 100 Å². The highest BCUT2D eigenvalue weighted by Gasteiger charge is 2.28. The van der Waals surface area contributed by atoms with E-state index in [9.17, 15) is 5.11 Å². The van der Waals surface area contributed by atoms with Gasteiger partial charge in [-0.1, -0.05) is 11.6 Å². The van der Waals surface area contributed by atoms with Gasteiger partial charge in [-0.25, -0.2) is 0 Å². The van der Waals surface area contributed by atoms with Gasteiger partial charge in [0.2, 0.25) is 0 Å². The summed E-state index contributed by atoms with van der Waals surface area (Å²) in [6, 6.07) is 4.96. The van der Waals surface area contributed by atoms with Crippen molar-refractivity contribution >= 4 is 11.6 Å². The maximum Gasteiger partial charge on any atom is 0.134 e. The van der Waals surface area contributed by atoms with Crippen LogP contribution in [0.2, 0.25) is 5.02 Å². The van der Waals surface area contributed by atoms with E-state index in [1.165, 1.54) is 0 Å². The van der Waals surface area contributed by atoms with E-state index in [0.29, 0.717) is 10.8 Å². The average Bonchev–Trinajstić information content (AvgIpc) is 2.24. The number of halogens is 1. The van der Waals surface area contributed by atoms with Crippen LogP contribution in [0.15, 0.2) is 18.2 Å². The molecule has 1 aromatic rings. The van der Waals surface area contributed by atoms with Gasteiger partial charge in [0.1, 0.15) is 17.1 Å². The van der Waals surface area contributed by atoms with Crippen molar-refractivity contribution in [1.29, 1.82) is 0 Å². The molecule has 2 rings (SSSR count). The maximum atomic E-state index is 9.32. The lowest BCUT2D eigenvalue weighted by atomic mass is 9.94. The summed E-state index contributed by atoms with van der Waals surface area (Å²) in [6.07, 6.45) is 1.96. The van der Waals surface area contributed by atoms with Crippen molar-refractivity contribution in [2.75, 3.05) is 13.1 Å². The molecule has 2 N–H and O–H groups in total. The molecule has 0 aromatic heterocycles. The molecular weight excluding hydrogens is 226 g/mol. The van der Waals surface area contributed by atoms with Gasteiger partial charge in [-0.2, -0.15) is 0 Å². The van der Waals surface area contributed by atoms with Gasteiger partial charge in [-0.05, 0) is 45.0 Å². The second-order valence-electron chi connectivity index (χ2n) is 4.42. The molecule has 1 heterocycles. The van der Waals surface area contributed by atoms with E-state index in [-0.39, 0.29) is 11.4 Å². The lowest BCUT2D eigenvalue weighted by Crippen LogP contribution is -2.43. The van der Waals surface area contributed by atoms with Gasteiger partial charge in [0, 0.05) is 6.07 Å². The molecule has 0 aliphatic carbocycles. The Balaban J connectivity index is 2.10. The van der Waals surface area contributed by atoms with Gasteiger partial charge in [0.15, 0.2) is 0 Å². The predicted molar refractivity (Wildman–Crippen MR) is 64.3 cm³/mol. The third-order valence-corrected chi connectivity index (χ3v) is 3.25. The number of rotatable bonds is 2. The fraction of sp³-hybridized carbons (Fsp3) is 0.500. The number of phenolic OH excluding ortho intramolecular Hbond substituents is 1. The topological polar surface area (TPSA) is 41.5 Å². The lowest BCUT2D eigenvalue weighted by molar-refractivity contribution is 0.0555. The third-order valence-electron chi connectivity index (χ3n) is 2.94. The van der Waals surface area contributed by atoms with Crippen LogP contribution in [0, 0.1) is 0 Å². The van der Waals surface area contributed by atoms with Gasteiger partial charge in [0.05, 0.1) is 5.02 Å². The van der Waals surface area contributed by atoms with Crippen LogP contribution in [0.3, 0.4) is 0 Å². The largest absolute Gasteiger partial charge is 0.506 e. The SMILES string of the molecule is CC1(Oc2ccc(O)c(Cl)c2)CCNCC1. The van der Waals surface area contributed by atoms with E-state index in [1.807, 2.05) is 0 Å². The maximum absolute atomic E-state index is 9.32. The second kappa shape index (κ2) is 4.52. The molecule has 1 saturated heterocycles. The predicted octanol–water partition coefficient (Wildman–Crippen LogP) is 2.57. The molecule has 0 saturated carbocycles. The van der Waals surface area contributed by atoms with Crippen LogP contribution in [0.4, 0.5) is 0 Å². The van der Waals surface area contributed by atoms with Gasteiger partial charge in [-0.3, -0.25) is 0 Å². The van der Waals surface area contributed by atoms with Crippen LogP contribution in [-0.2, 0) is 0 Å². The average molecular weight is 242 g/mol. The van der Waals surface area contributed by atoms with Crippen LogP contribution in [0.5, 0.6) is 11.5 Å². The number of benzene rings is 1. The summed E-state index contributed by atoms with van der Waals surface area (Å²) in [4.78, 5) is 0. The Hall–Kier alpha value is -0.930. The van der Waals surface area contributed by atoms with Crippen molar-refractivity contribution in [2.24, 2.45) is 0 Å². The highest BCUT2D eigenvalue weighted by molar-refractivity contribution is 6.32. The Morgan fingerprint density at radius 3 is 2.69 bits per heavy atom. The van der Waals surface area contributed by atoms with Crippen LogP contribution < -0.4 is 10.1 Å². The van der Waals surface area contributed by atoms with E-state index < -0.39 is 0 Å². The number of aromatic hydroxyl groups is 1. The lowest BCUT2D eigenvalue weighted by Gasteiger charge is -2.34. The number of hydrogen-bond donors (Lipinski definition) is 2. The highest BCUT2D eigenvalue weighted by Crippen LogP contribution is 2.31. The summed E-state index contributed by atoms with van der Waals surface area (Å²) in [6.45, 7) is 4.05. The molecule has 0 spiro atoms. The summed E-state index contributed by atoms with van der Waals surface area (Å²) in [5.74, 6) is 0.802. The zero-order chi connectivity index (χ0) is 11.6. The summed E-state index contributed by atoms with van der Waals surface area (Å²) >= 11 is 5.83. The first-order valence-corrected chi connectivity index (χ1v) is 5.85. The molecule has 88 valence electrons. The Morgan fingerprint density at radius 1 is 1.38 bits per heavy atom. The van der Waals surface area contributed by atoms with E-state index in [4.69, 9.17) is 16.3 Å². The standard InChI is InChI=1S/C12H16ClNO2/c1-12(4-6-14-7-5-12)16-9-2-3-11(15)10(13)8-9/h2-3,8,14-15H,4-7H2,1H3. The molecule has 0 unspecified atom stereocenters. The first-order valence-electron chi connectivity index (χ1n) is 5.47. The number of phenols is 1. The normalized spacial score (nSPS) is 19.4. The summed E-state index contributed by atoms with van der Waals surface area (Å²) in [5, 5.41) is 12.9. The van der Waals surface area contributed by atoms with E-state index >= 15 is 0 Å². The molecule has 1 aromatic carbocycles. The molecular formula is C12H16ClNO2. The number of hydrogen-bond acceptors (Lipinski definition) is 3. The molecule has 3 nitrogen and oxygen atoms in total. The van der Waals surface area contributed by atoms with Crippen molar-refractivity contribution in [1.82, 2.24) is 5.32 Å². The summed E-state index contributed by atoms with van der Waals surface area (Å²) < 4.78 is 5.94. The van der Waals surface area contributed by atoms with E-state index in [2.05, 4.69) is 12.2 Å². The fourth-order valence-corrected chi connectivity index (χ4v) is 2.06. The molecule has 1 fully saturated rings. The minimum absolute atomic E-state index is 0.0875. The monoisotopic (exact) mass is 241 g/mol. The minimum Gasteiger partial charge on any atom is -0.506 e. The van der Waals surface area contributed by atoms with Crippen molar-refractivity contribution in [3.8, 4) is 11.5 Å². The van der Waals surface area contributed by atoms with E-state index in [0.717, 1.165) is 25.9 Å².